The normalized spacial score (nSPS) is 13.2. The van der Waals surface area contributed by atoms with Gasteiger partial charge in [0.1, 0.15) is 5.75 Å². The first-order valence-corrected chi connectivity index (χ1v) is 8.20. The molecule has 1 aliphatic rings. The van der Waals surface area contributed by atoms with Crippen molar-refractivity contribution in [3.8, 4) is 5.75 Å². The lowest BCUT2D eigenvalue weighted by molar-refractivity contribution is 0.0733. The highest BCUT2D eigenvalue weighted by molar-refractivity contribution is 7.15. The third-order valence-electron chi connectivity index (χ3n) is 3.75. The minimum absolute atomic E-state index is 0.0750. The molecule has 126 valence electrons. The Labute approximate surface area is 143 Å². The molecule has 0 atom stereocenters. The molecule has 0 saturated heterocycles. The van der Waals surface area contributed by atoms with Crippen LogP contribution in [0, 0.1) is 0 Å². The first-order valence-electron chi connectivity index (χ1n) is 7.38. The van der Waals surface area contributed by atoms with Gasteiger partial charge in [0.05, 0.1) is 32.0 Å². The Morgan fingerprint density at radius 1 is 1.29 bits per heavy atom. The van der Waals surface area contributed by atoms with Gasteiger partial charge in [0, 0.05) is 17.8 Å². The molecule has 24 heavy (non-hydrogen) atoms. The first kappa shape index (κ1) is 16.3. The van der Waals surface area contributed by atoms with Crippen molar-refractivity contribution in [3.05, 3.63) is 40.4 Å². The van der Waals surface area contributed by atoms with Crippen LogP contribution in [0.1, 0.15) is 20.9 Å². The summed E-state index contributed by atoms with van der Waals surface area (Å²) >= 11 is 1.36. The molecule has 1 aromatic carbocycles. The van der Waals surface area contributed by atoms with Gasteiger partial charge in [-0.15, -0.1) is 0 Å². The second-order valence-corrected chi connectivity index (χ2v) is 6.27. The fraction of sp³-hybridized carbons (Fsp3) is 0.312. The molecule has 7 nitrogen and oxygen atoms in total. The maximum absolute atomic E-state index is 12.8. The number of amides is 2. The molecule has 2 aromatic rings. The summed E-state index contributed by atoms with van der Waals surface area (Å²) in [7, 11) is 2.85. The van der Waals surface area contributed by atoms with Crippen LogP contribution < -0.4 is 10.1 Å². The number of hydrogen-bond acceptors (Lipinski definition) is 6. The number of carbonyl (C=O) groups is 2. The molecular weight excluding hydrogens is 330 g/mol. The lowest BCUT2D eigenvalue weighted by atomic mass is 10.1. The lowest BCUT2D eigenvalue weighted by Crippen LogP contribution is -2.35. The van der Waals surface area contributed by atoms with E-state index in [1.165, 1.54) is 18.4 Å². The van der Waals surface area contributed by atoms with Gasteiger partial charge < -0.3 is 14.4 Å². The summed E-state index contributed by atoms with van der Waals surface area (Å²) in [4.78, 5) is 31.2. The number of benzene rings is 1. The van der Waals surface area contributed by atoms with Gasteiger partial charge in [-0.25, -0.2) is 9.78 Å². The van der Waals surface area contributed by atoms with E-state index < -0.39 is 6.09 Å². The SMILES string of the molecule is COC(=O)Nc1nc2c(s1)CN(C(=O)c1ccccc1OC)CC2. The minimum Gasteiger partial charge on any atom is -0.496 e. The smallest absolute Gasteiger partial charge is 0.413 e. The van der Waals surface area contributed by atoms with Gasteiger partial charge in [-0.2, -0.15) is 0 Å². The number of rotatable bonds is 3. The molecular formula is C16H17N3O4S. The van der Waals surface area contributed by atoms with Crippen molar-refractivity contribution in [2.24, 2.45) is 0 Å². The Kier molecular flexibility index (Phi) is 4.66. The molecule has 2 amide bonds. The van der Waals surface area contributed by atoms with Crippen LogP contribution in [0.2, 0.25) is 0 Å². The molecule has 0 spiro atoms. The highest BCUT2D eigenvalue weighted by atomic mass is 32.1. The fourth-order valence-electron chi connectivity index (χ4n) is 2.55. The summed E-state index contributed by atoms with van der Waals surface area (Å²) in [5.74, 6) is 0.486. The molecule has 1 N–H and O–H groups in total. The van der Waals surface area contributed by atoms with Crippen LogP contribution in [0.25, 0.3) is 0 Å². The Hall–Kier alpha value is -2.61. The number of methoxy groups -OCH3 is 2. The summed E-state index contributed by atoms with van der Waals surface area (Å²) in [6.45, 7) is 1.04. The quantitative estimate of drug-likeness (QED) is 0.923. The largest absolute Gasteiger partial charge is 0.496 e. The van der Waals surface area contributed by atoms with E-state index in [4.69, 9.17) is 4.74 Å². The van der Waals surface area contributed by atoms with E-state index in [-0.39, 0.29) is 5.91 Å². The minimum atomic E-state index is -0.553. The average Bonchev–Trinajstić information content (AvgIpc) is 3.02. The van der Waals surface area contributed by atoms with Crippen molar-refractivity contribution in [1.82, 2.24) is 9.88 Å². The van der Waals surface area contributed by atoms with E-state index in [2.05, 4.69) is 15.0 Å². The molecule has 3 rings (SSSR count). The third-order valence-corrected chi connectivity index (χ3v) is 4.75. The first-order chi connectivity index (χ1) is 11.6. The van der Waals surface area contributed by atoms with Gasteiger partial charge in [0.15, 0.2) is 5.13 Å². The third kappa shape index (κ3) is 3.18. The molecule has 0 unspecified atom stereocenters. The van der Waals surface area contributed by atoms with Crippen LogP contribution in [0.4, 0.5) is 9.93 Å². The summed E-state index contributed by atoms with van der Waals surface area (Å²) in [6.07, 6.45) is 0.0957. The highest BCUT2D eigenvalue weighted by Gasteiger charge is 2.26. The molecule has 1 aliphatic heterocycles. The van der Waals surface area contributed by atoms with E-state index in [9.17, 15) is 9.59 Å². The number of hydrogen-bond donors (Lipinski definition) is 1. The van der Waals surface area contributed by atoms with Crippen molar-refractivity contribution in [2.45, 2.75) is 13.0 Å². The van der Waals surface area contributed by atoms with E-state index in [1.807, 2.05) is 12.1 Å². The maximum atomic E-state index is 12.8. The molecule has 0 radical (unpaired) electrons. The number of thiazole rings is 1. The number of aromatic nitrogens is 1. The van der Waals surface area contributed by atoms with E-state index in [0.29, 0.717) is 36.0 Å². The van der Waals surface area contributed by atoms with Crippen molar-refractivity contribution < 1.29 is 19.1 Å². The number of nitrogens with one attached hydrogen (secondary N) is 1. The Bertz CT molecular complexity index is 774. The van der Waals surface area contributed by atoms with Gasteiger partial charge in [-0.05, 0) is 12.1 Å². The molecule has 8 heteroatoms. The second kappa shape index (κ2) is 6.88. The van der Waals surface area contributed by atoms with Crippen molar-refractivity contribution >= 4 is 28.5 Å². The predicted octanol–water partition coefficient (Wildman–Crippen LogP) is 2.53. The molecule has 0 saturated carbocycles. The maximum Gasteiger partial charge on any atom is 0.413 e. The Balaban J connectivity index is 1.77. The van der Waals surface area contributed by atoms with Crippen molar-refractivity contribution in [2.75, 3.05) is 26.1 Å². The van der Waals surface area contributed by atoms with Crippen LogP contribution in [0.15, 0.2) is 24.3 Å². The van der Waals surface area contributed by atoms with E-state index >= 15 is 0 Å². The predicted molar refractivity (Wildman–Crippen MR) is 89.6 cm³/mol. The number of nitrogens with zero attached hydrogens (tertiary/aromatic N) is 2. The number of carbonyl (C=O) groups excluding carboxylic acids is 2. The summed E-state index contributed by atoms with van der Waals surface area (Å²) in [5.41, 5.74) is 1.45. The van der Waals surface area contributed by atoms with E-state index in [1.54, 1.807) is 24.1 Å². The standard InChI is InChI=1S/C16H17N3O4S/c1-22-12-6-4-3-5-10(12)14(20)19-8-7-11-13(9-19)24-15(17-11)18-16(21)23-2/h3-6H,7-9H2,1-2H3,(H,17,18,21). The number of anilines is 1. The summed E-state index contributed by atoms with van der Waals surface area (Å²) < 4.78 is 9.84. The Morgan fingerprint density at radius 2 is 2.08 bits per heavy atom. The molecule has 0 aliphatic carbocycles. The van der Waals surface area contributed by atoms with Crippen LogP contribution in [-0.2, 0) is 17.7 Å². The van der Waals surface area contributed by atoms with Crippen LogP contribution in [-0.4, -0.2) is 42.6 Å². The zero-order chi connectivity index (χ0) is 17.1. The van der Waals surface area contributed by atoms with Gasteiger partial charge in [0.2, 0.25) is 0 Å². The second-order valence-electron chi connectivity index (χ2n) is 5.18. The summed E-state index contributed by atoms with van der Waals surface area (Å²) in [6, 6.07) is 7.18. The van der Waals surface area contributed by atoms with Gasteiger partial charge in [-0.1, -0.05) is 23.5 Å². The van der Waals surface area contributed by atoms with Crippen LogP contribution in [0.3, 0.4) is 0 Å². The van der Waals surface area contributed by atoms with Crippen LogP contribution >= 0.6 is 11.3 Å². The monoisotopic (exact) mass is 347 g/mol. The average molecular weight is 347 g/mol. The Morgan fingerprint density at radius 3 is 2.83 bits per heavy atom. The molecule has 1 aromatic heterocycles. The topological polar surface area (TPSA) is 80.8 Å². The number of fused-ring (bicyclic) bond motifs is 1. The number of para-hydroxylation sites is 1. The number of ether oxygens (including phenoxy) is 2. The fourth-order valence-corrected chi connectivity index (χ4v) is 3.56. The highest BCUT2D eigenvalue weighted by Crippen LogP contribution is 2.30. The molecule has 0 bridgehead atoms. The van der Waals surface area contributed by atoms with E-state index in [0.717, 1.165) is 10.6 Å². The van der Waals surface area contributed by atoms with Crippen molar-refractivity contribution in [1.29, 1.82) is 0 Å². The zero-order valence-corrected chi connectivity index (χ0v) is 14.2. The zero-order valence-electron chi connectivity index (χ0n) is 13.4. The summed E-state index contributed by atoms with van der Waals surface area (Å²) in [5, 5.41) is 3.05. The van der Waals surface area contributed by atoms with Gasteiger partial charge >= 0.3 is 6.09 Å². The lowest BCUT2D eigenvalue weighted by Gasteiger charge is -2.26. The van der Waals surface area contributed by atoms with Gasteiger partial charge in [0.25, 0.3) is 5.91 Å². The van der Waals surface area contributed by atoms with Crippen molar-refractivity contribution in [3.63, 3.8) is 0 Å². The molecule has 0 fully saturated rings. The van der Waals surface area contributed by atoms with Gasteiger partial charge in [-0.3, -0.25) is 10.1 Å². The van der Waals surface area contributed by atoms with Crippen LogP contribution in [0.5, 0.6) is 5.75 Å². The molecule has 2 heterocycles.